The molecular weight excluding hydrogens is 497 g/mol. The first kappa shape index (κ1) is 26.8. The molecule has 0 aliphatic carbocycles. The molecular formula is C27H37F3N6O2. The molecule has 4 atom stereocenters. The summed E-state index contributed by atoms with van der Waals surface area (Å²) in [6.45, 7) is 7.57. The number of benzene rings is 1. The zero-order chi connectivity index (χ0) is 27.0. The molecule has 3 aliphatic rings. The second kappa shape index (κ2) is 10.8. The van der Waals surface area contributed by atoms with Gasteiger partial charge in [-0.15, -0.1) is 0 Å². The first-order chi connectivity index (χ1) is 18.1. The number of alkyl halides is 2. The van der Waals surface area contributed by atoms with E-state index in [2.05, 4.69) is 39.3 Å². The molecule has 11 heteroatoms. The van der Waals surface area contributed by atoms with Crippen LogP contribution in [0.5, 0.6) is 5.75 Å². The van der Waals surface area contributed by atoms with E-state index in [4.69, 9.17) is 9.47 Å². The minimum absolute atomic E-state index is 0.0398. The van der Waals surface area contributed by atoms with Crippen LogP contribution >= 0.6 is 0 Å². The molecule has 5 rings (SSSR count). The fraction of sp³-hybridized carbons (Fsp3) is 0.630. The Bertz CT molecular complexity index is 1130. The van der Waals surface area contributed by atoms with Gasteiger partial charge < -0.3 is 25.0 Å². The van der Waals surface area contributed by atoms with Gasteiger partial charge in [0.2, 0.25) is 5.95 Å². The summed E-state index contributed by atoms with van der Waals surface area (Å²) >= 11 is 0. The molecule has 1 aromatic carbocycles. The number of hydrogen-bond donors (Lipinski definition) is 2. The van der Waals surface area contributed by atoms with Crippen molar-refractivity contribution in [3.05, 3.63) is 30.2 Å². The summed E-state index contributed by atoms with van der Waals surface area (Å²) in [6.07, 6.45) is 5.19. The summed E-state index contributed by atoms with van der Waals surface area (Å²) in [5, 5.41) is 6.29. The molecule has 0 spiro atoms. The largest absolute Gasteiger partial charge is 0.433 e. The number of ether oxygens (including phenoxy) is 2. The van der Waals surface area contributed by atoms with Crippen LogP contribution in [0.2, 0.25) is 0 Å². The molecule has 3 fully saturated rings. The summed E-state index contributed by atoms with van der Waals surface area (Å²) in [6, 6.07) is 5.57. The topological polar surface area (TPSA) is 74.8 Å². The highest BCUT2D eigenvalue weighted by molar-refractivity contribution is 5.68. The van der Waals surface area contributed by atoms with Crippen LogP contribution in [-0.4, -0.2) is 70.9 Å². The van der Waals surface area contributed by atoms with Crippen LogP contribution in [0.25, 0.3) is 0 Å². The van der Waals surface area contributed by atoms with Crippen molar-refractivity contribution in [1.29, 1.82) is 0 Å². The number of piperidine rings is 1. The molecule has 0 bridgehead atoms. The van der Waals surface area contributed by atoms with Crippen molar-refractivity contribution >= 4 is 23.1 Å². The number of fused-ring (bicyclic) bond motifs is 1. The number of hydrogen-bond acceptors (Lipinski definition) is 8. The van der Waals surface area contributed by atoms with Crippen molar-refractivity contribution in [3.8, 4) is 5.75 Å². The van der Waals surface area contributed by atoms with Gasteiger partial charge in [-0.2, -0.15) is 13.8 Å². The predicted octanol–water partition coefficient (Wildman–Crippen LogP) is 5.39. The van der Waals surface area contributed by atoms with Gasteiger partial charge in [-0.05, 0) is 65.5 Å². The standard InChI is InChI=1S/C27H37F3N6O2/c1-16-14-35(15-17(2)37-16)22-6-5-18(12-23(22)38-25(29)30)33-26-31-13-21(28)24(34-26)32-19-8-10-36-20(11-19)7-9-27(36,3)4/h5-6,12-13,16-17,19-20,25H,7-11,14-15H2,1-4H3,(H2,31,32,33,34). The third kappa shape index (κ3) is 5.93. The number of aromatic nitrogens is 2. The number of morpholine rings is 1. The second-order valence-electron chi connectivity index (χ2n) is 11.3. The number of nitrogens with zero attached hydrogens (tertiary/aromatic N) is 4. The van der Waals surface area contributed by atoms with Crippen LogP contribution in [0.4, 0.5) is 36.3 Å². The maximum absolute atomic E-state index is 14.6. The zero-order valence-corrected chi connectivity index (χ0v) is 22.4. The van der Waals surface area contributed by atoms with Crippen molar-refractivity contribution in [2.45, 2.75) is 89.8 Å². The Kier molecular flexibility index (Phi) is 7.59. The Balaban J connectivity index is 1.30. The van der Waals surface area contributed by atoms with E-state index in [0.29, 0.717) is 30.5 Å². The quantitative estimate of drug-likeness (QED) is 0.490. The first-order valence-corrected chi connectivity index (χ1v) is 13.4. The van der Waals surface area contributed by atoms with Crippen molar-refractivity contribution in [3.63, 3.8) is 0 Å². The van der Waals surface area contributed by atoms with E-state index in [1.165, 1.54) is 12.5 Å². The second-order valence-corrected chi connectivity index (χ2v) is 11.3. The van der Waals surface area contributed by atoms with Crippen molar-refractivity contribution < 1.29 is 22.6 Å². The van der Waals surface area contributed by atoms with Crippen LogP contribution in [0.3, 0.4) is 0 Å². The Labute approximate surface area is 221 Å². The van der Waals surface area contributed by atoms with Gasteiger partial charge in [-0.3, -0.25) is 4.90 Å². The lowest BCUT2D eigenvalue weighted by molar-refractivity contribution is -0.0498. The van der Waals surface area contributed by atoms with Crippen LogP contribution in [-0.2, 0) is 4.74 Å². The molecule has 38 heavy (non-hydrogen) atoms. The molecule has 2 aromatic rings. The van der Waals surface area contributed by atoms with Gasteiger partial charge in [0.25, 0.3) is 0 Å². The first-order valence-electron chi connectivity index (χ1n) is 13.4. The molecule has 0 saturated carbocycles. The van der Waals surface area contributed by atoms with Crippen LogP contribution in [0.1, 0.15) is 53.4 Å². The van der Waals surface area contributed by atoms with Crippen molar-refractivity contribution in [2.75, 3.05) is 35.2 Å². The average Bonchev–Trinajstić information content (AvgIpc) is 3.14. The highest BCUT2D eigenvalue weighted by atomic mass is 19.3. The molecule has 8 nitrogen and oxygen atoms in total. The third-order valence-electron chi connectivity index (χ3n) is 7.86. The Morgan fingerprint density at radius 2 is 1.92 bits per heavy atom. The van der Waals surface area contributed by atoms with E-state index < -0.39 is 12.4 Å². The van der Waals surface area contributed by atoms with E-state index >= 15 is 0 Å². The maximum atomic E-state index is 14.6. The number of halogens is 3. The van der Waals surface area contributed by atoms with Crippen molar-refractivity contribution in [1.82, 2.24) is 14.9 Å². The highest BCUT2D eigenvalue weighted by Gasteiger charge is 2.42. The lowest BCUT2D eigenvalue weighted by Crippen LogP contribution is -2.50. The molecule has 3 aliphatic heterocycles. The minimum Gasteiger partial charge on any atom is -0.433 e. The predicted molar refractivity (Wildman–Crippen MR) is 141 cm³/mol. The summed E-state index contributed by atoms with van der Waals surface area (Å²) in [5.74, 6) is -0.191. The summed E-state index contributed by atoms with van der Waals surface area (Å²) in [5.41, 5.74) is 1.23. The van der Waals surface area contributed by atoms with Gasteiger partial charge in [0, 0.05) is 49.0 Å². The summed E-state index contributed by atoms with van der Waals surface area (Å²) in [4.78, 5) is 13.0. The van der Waals surface area contributed by atoms with Gasteiger partial charge in [0.1, 0.15) is 0 Å². The third-order valence-corrected chi connectivity index (χ3v) is 7.86. The zero-order valence-electron chi connectivity index (χ0n) is 22.4. The monoisotopic (exact) mass is 534 g/mol. The van der Waals surface area contributed by atoms with Crippen molar-refractivity contribution in [2.24, 2.45) is 0 Å². The fourth-order valence-corrected chi connectivity index (χ4v) is 6.19. The lowest BCUT2D eigenvalue weighted by atomic mass is 9.97. The van der Waals surface area contributed by atoms with E-state index in [1.807, 2.05) is 18.7 Å². The Morgan fingerprint density at radius 3 is 2.66 bits per heavy atom. The van der Waals surface area contributed by atoms with E-state index in [9.17, 15) is 13.2 Å². The SMILES string of the molecule is CC1CN(c2ccc(Nc3ncc(F)c(NC4CCN5C(CCC5(C)C)C4)n3)cc2OC(F)F)CC(C)O1. The number of anilines is 4. The normalized spacial score (nSPS) is 27.3. The summed E-state index contributed by atoms with van der Waals surface area (Å²) < 4.78 is 51.8. The molecule has 0 radical (unpaired) electrons. The maximum Gasteiger partial charge on any atom is 0.387 e. The van der Waals surface area contributed by atoms with Crippen LogP contribution in [0.15, 0.2) is 24.4 Å². The molecule has 4 unspecified atom stereocenters. The highest BCUT2D eigenvalue weighted by Crippen LogP contribution is 2.39. The smallest absolute Gasteiger partial charge is 0.387 e. The molecule has 0 amide bonds. The molecule has 1 aromatic heterocycles. The molecule has 3 saturated heterocycles. The minimum atomic E-state index is -2.98. The van der Waals surface area contributed by atoms with E-state index in [1.54, 1.807) is 12.1 Å². The fourth-order valence-electron chi connectivity index (χ4n) is 6.19. The molecule has 2 N–H and O–H groups in total. The Hall–Kier alpha value is -2.79. The van der Waals surface area contributed by atoms with Crippen LogP contribution in [0, 0.1) is 5.82 Å². The van der Waals surface area contributed by atoms with Gasteiger partial charge in [0.15, 0.2) is 17.4 Å². The summed E-state index contributed by atoms with van der Waals surface area (Å²) in [7, 11) is 0. The van der Waals surface area contributed by atoms with Gasteiger partial charge in [0.05, 0.1) is 24.1 Å². The lowest BCUT2D eigenvalue weighted by Gasteiger charge is -2.42. The van der Waals surface area contributed by atoms with Gasteiger partial charge in [-0.1, -0.05) is 0 Å². The number of rotatable bonds is 7. The van der Waals surface area contributed by atoms with Crippen LogP contribution < -0.4 is 20.3 Å². The molecule has 4 heterocycles. The van der Waals surface area contributed by atoms with Gasteiger partial charge in [-0.25, -0.2) is 9.37 Å². The Morgan fingerprint density at radius 1 is 1.16 bits per heavy atom. The average molecular weight is 535 g/mol. The van der Waals surface area contributed by atoms with E-state index in [0.717, 1.165) is 32.0 Å². The van der Waals surface area contributed by atoms with E-state index in [-0.39, 0.29) is 41.3 Å². The van der Waals surface area contributed by atoms with Gasteiger partial charge >= 0.3 is 6.61 Å². The number of nitrogens with one attached hydrogen (secondary N) is 2. The molecule has 208 valence electrons.